The average Bonchev–Trinajstić information content (AvgIpc) is 2.45. The molecule has 3 N–H and O–H groups in total. The second-order valence-corrected chi connectivity index (χ2v) is 4.99. The van der Waals surface area contributed by atoms with Gasteiger partial charge in [-0.2, -0.15) is 0 Å². The van der Waals surface area contributed by atoms with E-state index in [4.69, 9.17) is 10.6 Å². The Kier molecular flexibility index (Phi) is 4.69. The van der Waals surface area contributed by atoms with Crippen molar-refractivity contribution in [3.05, 3.63) is 63.6 Å². The van der Waals surface area contributed by atoms with Crippen LogP contribution in [0.25, 0.3) is 0 Å². The molecule has 0 aliphatic heterocycles. The fourth-order valence-corrected chi connectivity index (χ4v) is 2.21. The summed E-state index contributed by atoms with van der Waals surface area (Å²) in [6.07, 6.45) is 0. The van der Waals surface area contributed by atoms with Gasteiger partial charge in [0.15, 0.2) is 11.6 Å². The Morgan fingerprint density at radius 3 is 2.60 bits per heavy atom. The molecule has 2 aromatic carbocycles. The van der Waals surface area contributed by atoms with Gasteiger partial charge in [0.1, 0.15) is 5.82 Å². The second-order valence-electron chi connectivity index (χ2n) is 4.14. The van der Waals surface area contributed by atoms with Crippen molar-refractivity contribution in [2.75, 3.05) is 7.11 Å². The third-order valence-electron chi connectivity index (χ3n) is 2.97. The van der Waals surface area contributed by atoms with Gasteiger partial charge in [-0.1, -0.05) is 18.2 Å². The molecule has 0 saturated heterocycles. The van der Waals surface area contributed by atoms with E-state index in [1.54, 1.807) is 24.3 Å². The van der Waals surface area contributed by atoms with E-state index >= 15 is 0 Å². The molecule has 2 aromatic rings. The van der Waals surface area contributed by atoms with Crippen LogP contribution in [0.4, 0.5) is 8.78 Å². The summed E-state index contributed by atoms with van der Waals surface area (Å²) in [5.74, 6) is 4.64. The molecule has 0 heterocycles. The molecule has 2 rings (SSSR count). The van der Waals surface area contributed by atoms with Crippen LogP contribution >= 0.6 is 15.9 Å². The van der Waals surface area contributed by atoms with Crippen LogP contribution in [0.5, 0.6) is 5.75 Å². The fraction of sp³-hybridized carbons (Fsp3) is 0.143. The molecule has 0 bridgehead atoms. The first-order chi connectivity index (χ1) is 9.58. The van der Waals surface area contributed by atoms with Crippen molar-refractivity contribution >= 4 is 15.9 Å². The van der Waals surface area contributed by atoms with Gasteiger partial charge in [-0.3, -0.25) is 5.84 Å². The monoisotopic (exact) mass is 342 g/mol. The fourth-order valence-electron chi connectivity index (χ4n) is 1.97. The van der Waals surface area contributed by atoms with Crippen molar-refractivity contribution in [1.29, 1.82) is 0 Å². The summed E-state index contributed by atoms with van der Waals surface area (Å²) in [6.45, 7) is 0. The molecule has 0 fully saturated rings. The standard InChI is InChI=1S/C14H13BrF2N2O/c1-20-12-4-2-3-9(13(12)17)14(19-18)8-5-6-10(15)11(16)7-8/h2-7,14,19H,18H2,1H3. The second kappa shape index (κ2) is 6.30. The van der Waals surface area contributed by atoms with Gasteiger partial charge in [-0.25, -0.2) is 14.2 Å². The van der Waals surface area contributed by atoms with E-state index < -0.39 is 17.7 Å². The van der Waals surface area contributed by atoms with Crippen molar-refractivity contribution < 1.29 is 13.5 Å². The van der Waals surface area contributed by atoms with Crippen molar-refractivity contribution in [1.82, 2.24) is 5.43 Å². The highest BCUT2D eigenvalue weighted by molar-refractivity contribution is 9.10. The van der Waals surface area contributed by atoms with Crippen LogP contribution in [0, 0.1) is 11.6 Å². The molecular weight excluding hydrogens is 330 g/mol. The van der Waals surface area contributed by atoms with Gasteiger partial charge >= 0.3 is 0 Å². The zero-order chi connectivity index (χ0) is 14.7. The first kappa shape index (κ1) is 14.9. The minimum Gasteiger partial charge on any atom is -0.494 e. The molecule has 0 aliphatic rings. The molecule has 3 nitrogen and oxygen atoms in total. The van der Waals surface area contributed by atoms with Gasteiger partial charge in [0.2, 0.25) is 0 Å². The minimum absolute atomic E-state index is 0.111. The van der Waals surface area contributed by atoms with Crippen molar-refractivity contribution in [3.63, 3.8) is 0 Å². The van der Waals surface area contributed by atoms with Gasteiger partial charge in [0.05, 0.1) is 17.6 Å². The summed E-state index contributed by atoms with van der Waals surface area (Å²) < 4.78 is 33.1. The Labute approximate surface area is 123 Å². The quantitative estimate of drug-likeness (QED) is 0.662. The third-order valence-corrected chi connectivity index (χ3v) is 3.61. The number of halogens is 3. The maximum Gasteiger partial charge on any atom is 0.170 e. The predicted octanol–water partition coefficient (Wildman–Crippen LogP) is 3.29. The van der Waals surface area contributed by atoms with Crippen LogP contribution in [0.15, 0.2) is 40.9 Å². The first-order valence-corrected chi connectivity index (χ1v) is 6.61. The molecule has 20 heavy (non-hydrogen) atoms. The van der Waals surface area contributed by atoms with E-state index in [1.165, 1.54) is 19.2 Å². The van der Waals surface area contributed by atoms with Crippen molar-refractivity contribution in [2.24, 2.45) is 5.84 Å². The van der Waals surface area contributed by atoms with E-state index in [0.717, 1.165) is 0 Å². The van der Waals surface area contributed by atoms with E-state index in [-0.39, 0.29) is 11.3 Å². The highest BCUT2D eigenvalue weighted by Crippen LogP contribution is 2.30. The van der Waals surface area contributed by atoms with Crippen molar-refractivity contribution in [2.45, 2.75) is 6.04 Å². The number of hydrogen-bond donors (Lipinski definition) is 2. The van der Waals surface area contributed by atoms with E-state index in [2.05, 4.69) is 21.4 Å². The molecule has 0 saturated carbocycles. The molecule has 0 spiro atoms. The number of nitrogens with one attached hydrogen (secondary N) is 1. The van der Waals surface area contributed by atoms with Crippen LogP contribution in [-0.2, 0) is 0 Å². The Balaban J connectivity index is 2.49. The Morgan fingerprint density at radius 2 is 2.00 bits per heavy atom. The summed E-state index contributed by atoms with van der Waals surface area (Å²) in [4.78, 5) is 0. The summed E-state index contributed by atoms with van der Waals surface area (Å²) >= 11 is 3.07. The average molecular weight is 343 g/mol. The smallest absolute Gasteiger partial charge is 0.170 e. The number of hydrogen-bond acceptors (Lipinski definition) is 3. The summed E-state index contributed by atoms with van der Waals surface area (Å²) in [6, 6.07) is 8.57. The lowest BCUT2D eigenvalue weighted by atomic mass is 9.98. The molecular formula is C14H13BrF2N2O. The lowest BCUT2D eigenvalue weighted by Crippen LogP contribution is -2.29. The highest BCUT2D eigenvalue weighted by Gasteiger charge is 2.20. The maximum absolute atomic E-state index is 14.3. The van der Waals surface area contributed by atoms with Crippen LogP contribution in [0.1, 0.15) is 17.2 Å². The van der Waals surface area contributed by atoms with E-state index in [1.807, 2.05) is 0 Å². The summed E-state index contributed by atoms with van der Waals surface area (Å²) in [5, 5.41) is 0. The minimum atomic E-state index is -0.673. The zero-order valence-corrected chi connectivity index (χ0v) is 12.2. The lowest BCUT2D eigenvalue weighted by molar-refractivity contribution is 0.381. The highest BCUT2D eigenvalue weighted by atomic mass is 79.9. The lowest BCUT2D eigenvalue weighted by Gasteiger charge is -2.19. The Morgan fingerprint density at radius 1 is 1.25 bits per heavy atom. The predicted molar refractivity (Wildman–Crippen MR) is 76.2 cm³/mol. The largest absolute Gasteiger partial charge is 0.494 e. The number of ether oxygens (including phenoxy) is 1. The number of rotatable bonds is 4. The van der Waals surface area contributed by atoms with Crippen LogP contribution in [0.3, 0.4) is 0 Å². The van der Waals surface area contributed by atoms with Gasteiger partial charge in [-0.05, 0) is 39.7 Å². The Hall–Kier alpha value is -1.50. The third kappa shape index (κ3) is 2.82. The Bertz CT molecular complexity index is 622. The zero-order valence-electron chi connectivity index (χ0n) is 10.7. The number of nitrogens with two attached hydrogens (primary N) is 1. The van der Waals surface area contributed by atoms with E-state index in [0.29, 0.717) is 10.0 Å². The summed E-state index contributed by atoms with van der Waals surface area (Å²) in [5.41, 5.74) is 3.30. The normalized spacial score (nSPS) is 12.2. The number of methoxy groups -OCH3 is 1. The van der Waals surface area contributed by atoms with Crippen LogP contribution in [-0.4, -0.2) is 7.11 Å². The molecule has 106 valence electrons. The van der Waals surface area contributed by atoms with Crippen molar-refractivity contribution in [3.8, 4) is 5.75 Å². The van der Waals surface area contributed by atoms with Crippen LogP contribution < -0.4 is 16.0 Å². The van der Waals surface area contributed by atoms with Gasteiger partial charge < -0.3 is 4.74 Å². The molecule has 0 aromatic heterocycles. The number of hydrazine groups is 1. The van der Waals surface area contributed by atoms with Gasteiger partial charge in [-0.15, -0.1) is 0 Å². The molecule has 0 aliphatic carbocycles. The summed E-state index contributed by atoms with van der Waals surface area (Å²) in [7, 11) is 1.38. The molecule has 1 unspecified atom stereocenters. The van der Waals surface area contributed by atoms with Gasteiger partial charge in [0, 0.05) is 5.56 Å². The number of benzene rings is 2. The molecule has 1 atom stereocenters. The molecule has 0 amide bonds. The van der Waals surface area contributed by atoms with Gasteiger partial charge in [0.25, 0.3) is 0 Å². The molecule has 6 heteroatoms. The first-order valence-electron chi connectivity index (χ1n) is 5.82. The maximum atomic E-state index is 14.3. The molecule has 0 radical (unpaired) electrons. The van der Waals surface area contributed by atoms with Crippen LogP contribution in [0.2, 0.25) is 0 Å². The topological polar surface area (TPSA) is 47.3 Å². The van der Waals surface area contributed by atoms with E-state index in [9.17, 15) is 8.78 Å². The SMILES string of the molecule is COc1cccc(C(NN)c2ccc(Br)c(F)c2)c1F.